The Labute approximate surface area is 154 Å². The molecule has 26 heavy (non-hydrogen) atoms. The molecule has 0 spiro atoms. The first-order chi connectivity index (χ1) is 12.5. The predicted octanol–water partition coefficient (Wildman–Crippen LogP) is 2.81. The van der Waals surface area contributed by atoms with Crippen LogP contribution in [0.15, 0.2) is 52.3 Å². The Bertz CT molecular complexity index is 909. The van der Waals surface area contributed by atoms with Gasteiger partial charge in [0, 0.05) is 24.7 Å². The molecule has 2 aromatic carbocycles. The molecule has 2 heterocycles. The molecule has 1 fully saturated rings. The minimum atomic E-state index is -3.54. The van der Waals surface area contributed by atoms with E-state index in [-0.39, 0.29) is 0 Å². The fraction of sp³-hybridized carbons (Fsp3) is 0.400. The average molecular weight is 372 g/mol. The Morgan fingerprint density at radius 1 is 1.04 bits per heavy atom. The molecular weight excluding hydrogens is 348 g/mol. The maximum Gasteiger partial charge on any atom is 0.206 e. The average Bonchev–Trinajstić information content (AvgIpc) is 2.83. The van der Waals surface area contributed by atoms with Crippen molar-refractivity contribution in [3.63, 3.8) is 0 Å². The highest BCUT2D eigenvalue weighted by molar-refractivity contribution is 7.91. The van der Waals surface area contributed by atoms with Crippen LogP contribution < -0.4 is 15.0 Å². The van der Waals surface area contributed by atoms with Gasteiger partial charge in [-0.25, -0.2) is 8.42 Å². The summed E-state index contributed by atoms with van der Waals surface area (Å²) in [5, 5.41) is 3.45. The van der Waals surface area contributed by atoms with Gasteiger partial charge in [0.25, 0.3) is 0 Å². The maximum atomic E-state index is 13.1. The molecule has 0 saturated carbocycles. The van der Waals surface area contributed by atoms with Crippen LogP contribution in [0, 0.1) is 0 Å². The Kier molecular flexibility index (Phi) is 4.40. The molecular formula is C20H24N2O3S. The van der Waals surface area contributed by atoms with E-state index in [1.165, 1.54) is 0 Å². The molecule has 138 valence electrons. The molecule has 2 aliphatic rings. The molecule has 2 atom stereocenters. The largest absolute Gasteiger partial charge is 0.497 e. The minimum absolute atomic E-state index is 0.295. The van der Waals surface area contributed by atoms with E-state index in [0.717, 1.165) is 37.2 Å². The second-order valence-electron chi connectivity index (χ2n) is 7.01. The van der Waals surface area contributed by atoms with E-state index in [2.05, 4.69) is 17.3 Å². The van der Waals surface area contributed by atoms with Crippen molar-refractivity contribution < 1.29 is 13.2 Å². The van der Waals surface area contributed by atoms with Gasteiger partial charge in [0.1, 0.15) is 5.75 Å². The van der Waals surface area contributed by atoms with Crippen LogP contribution in [0.4, 0.5) is 5.69 Å². The third-order valence-corrected chi connectivity index (χ3v) is 7.44. The zero-order valence-corrected chi connectivity index (χ0v) is 15.9. The standard InChI is InChI=1S/C20H24N2O3S/c1-22-19-8-7-16(13-18(19)17-9-11-21-12-10-20(17)22)26(23,24)15-5-3-14(25-2)4-6-15/h3-8,13,17,20-21H,9-12H2,1-2H3/t17-,20-/m1/s1. The number of rotatable bonds is 3. The molecule has 1 N–H and O–H groups in total. The van der Waals surface area contributed by atoms with E-state index < -0.39 is 9.84 Å². The van der Waals surface area contributed by atoms with Gasteiger partial charge in [-0.2, -0.15) is 0 Å². The number of anilines is 1. The Morgan fingerprint density at radius 2 is 1.73 bits per heavy atom. The highest BCUT2D eigenvalue weighted by Gasteiger charge is 2.37. The molecule has 6 heteroatoms. The summed E-state index contributed by atoms with van der Waals surface area (Å²) in [5.41, 5.74) is 2.33. The summed E-state index contributed by atoms with van der Waals surface area (Å²) in [4.78, 5) is 2.98. The molecule has 0 aromatic heterocycles. The quantitative estimate of drug-likeness (QED) is 0.898. The first-order valence-electron chi connectivity index (χ1n) is 8.99. The minimum Gasteiger partial charge on any atom is -0.497 e. The topological polar surface area (TPSA) is 58.6 Å². The van der Waals surface area contributed by atoms with E-state index in [4.69, 9.17) is 4.74 Å². The number of ether oxygens (including phenoxy) is 1. The molecule has 4 rings (SSSR count). The molecule has 2 aliphatic heterocycles. The van der Waals surface area contributed by atoms with Crippen molar-refractivity contribution in [1.82, 2.24) is 5.32 Å². The summed E-state index contributed by atoms with van der Waals surface area (Å²) < 4.78 is 31.3. The van der Waals surface area contributed by atoms with E-state index in [9.17, 15) is 8.42 Å². The molecule has 1 saturated heterocycles. The zero-order valence-electron chi connectivity index (χ0n) is 15.1. The summed E-state index contributed by atoms with van der Waals surface area (Å²) in [6.45, 7) is 1.99. The van der Waals surface area contributed by atoms with Gasteiger partial charge in [-0.3, -0.25) is 0 Å². The van der Waals surface area contributed by atoms with Crippen molar-refractivity contribution in [1.29, 1.82) is 0 Å². The Hall–Kier alpha value is -2.05. The van der Waals surface area contributed by atoms with E-state index >= 15 is 0 Å². The number of likely N-dealkylation sites (N-methyl/N-ethyl adjacent to an activating group) is 1. The lowest BCUT2D eigenvalue weighted by atomic mass is 9.91. The molecule has 5 nitrogen and oxygen atoms in total. The van der Waals surface area contributed by atoms with Gasteiger partial charge >= 0.3 is 0 Å². The number of hydrogen-bond acceptors (Lipinski definition) is 5. The van der Waals surface area contributed by atoms with Crippen molar-refractivity contribution >= 4 is 15.5 Å². The fourth-order valence-electron chi connectivity index (χ4n) is 4.24. The number of fused-ring (bicyclic) bond motifs is 3. The number of sulfone groups is 1. The molecule has 0 radical (unpaired) electrons. The molecule has 0 unspecified atom stereocenters. The highest BCUT2D eigenvalue weighted by atomic mass is 32.2. The van der Waals surface area contributed by atoms with Crippen LogP contribution in [0.1, 0.15) is 24.3 Å². The first-order valence-corrected chi connectivity index (χ1v) is 10.5. The van der Waals surface area contributed by atoms with Crippen LogP contribution in [0.3, 0.4) is 0 Å². The highest BCUT2D eigenvalue weighted by Crippen LogP contribution is 2.44. The number of methoxy groups -OCH3 is 1. The van der Waals surface area contributed by atoms with Crippen LogP contribution in [-0.4, -0.2) is 41.7 Å². The second kappa shape index (κ2) is 6.59. The summed E-state index contributed by atoms with van der Waals surface area (Å²) >= 11 is 0. The van der Waals surface area contributed by atoms with E-state index in [0.29, 0.717) is 27.5 Å². The Morgan fingerprint density at radius 3 is 2.46 bits per heavy atom. The third-order valence-electron chi connectivity index (χ3n) is 5.67. The smallest absolute Gasteiger partial charge is 0.206 e. The summed E-state index contributed by atoms with van der Waals surface area (Å²) in [6.07, 6.45) is 2.12. The second-order valence-corrected chi connectivity index (χ2v) is 8.96. The number of nitrogens with one attached hydrogen (secondary N) is 1. The van der Waals surface area contributed by atoms with Crippen molar-refractivity contribution in [2.24, 2.45) is 0 Å². The molecule has 0 amide bonds. The first kappa shape index (κ1) is 17.4. The lowest BCUT2D eigenvalue weighted by Crippen LogP contribution is -2.30. The Balaban J connectivity index is 1.74. The summed E-state index contributed by atoms with van der Waals surface area (Å²) in [7, 11) is 0.146. The van der Waals surface area contributed by atoms with Crippen molar-refractivity contribution in [2.45, 2.75) is 34.6 Å². The van der Waals surface area contributed by atoms with Gasteiger partial charge in [0.2, 0.25) is 9.84 Å². The van der Waals surface area contributed by atoms with Crippen LogP contribution in [-0.2, 0) is 9.84 Å². The van der Waals surface area contributed by atoms with Gasteiger partial charge in [-0.15, -0.1) is 0 Å². The summed E-state index contributed by atoms with van der Waals surface area (Å²) in [6, 6.07) is 12.6. The zero-order chi connectivity index (χ0) is 18.3. The SMILES string of the molecule is COc1ccc(S(=O)(=O)c2ccc3c(c2)[C@H]2CCNCC[C@H]2N3C)cc1. The summed E-state index contributed by atoms with van der Waals surface area (Å²) in [5.74, 6) is 1.03. The number of benzene rings is 2. The van der Waals surface area contributed by atoms with Gasteiger partial charge in [-0.1, -0.05) is 0 Å². The lowest BCUT2D eigenvalue weighted by molar-refractivity contribution is 0.414. The van der Waals surface area contributed by atoms with E-state index in [1.54, 1.807) is 37.4 Å². The molecule has 2 aromatic rings. The van der Waals surface area contributed by atoms with Crippen molar-refractivity contribution in [3.8, 4) is 5.75 Å². The van der Waals surface area contributed by atoms with Crippen LogP contribution in [0.5, 0.6) is 5.75 Å². The maximum absolute atomic E-state index is 13.1. The van der Waals surface area contributed by atoms with Gasteiger partial charge in [0.05, 0.1) is 16.9 Å². The van der Waals surface area contributed by atoms with Crippen LogP contribution >= 0.6 is 0 Å². The van der Waals surface area contributed by atoms with Crippen LogP contribution in [0.2, 0.25) is 0 Å². The molecule has 0 aliphatic carbocycles. The van der Waals surface area contributed by atoms with Gasteiger partial charge < -0.3 is 15.0 Å². The monoisotopic (exact) mass is 372 g/mol. The number of nitrogens with zero attached hydrogens (tertiary/aromatic N) is 1. The van der Waals surface area contributed by atoms with Crippen molar-refractivity contribution in [2.75, 3.05) is 32.1 Å². The number of hydrogen-bond donors (Lipinski definition) is 1. The lowest BCUT2D eigenvalue weighted by Gasteiger charge is -2.24. The van der Waals surface area contributed by atoms with Crippen LogP contribution in [0.25, 0.3) is 0 Å². The predicted molar refractivity (Wildman–Crippen MR) is 102 cm³/mol. The fourth-order valence-corrected chi connectivity index (χ4v) is 5.54. The normalized spacial score (nSPS) is 22.5. The van der Waals surface area contributed by atoms with Gasteiger partial charge in [-0.05, 0) is 74.0 Å². The third kappa shape index (κ3) is 2.77. The molecule has 0 bridgehead atoms. The van der Waals surface area contributed by atoms with Gasteiger partial charge in [0.15, 0.2) is 0 Å². The van der Waals surface area contributed by atoms with Crippen molar-refractivity contribution in [3.05, 3.63) is 48.0 Å². The van der Waals surface area contributed by atoms with E-state index in [1.807, 2.05) is 12.1 Å².